The molecule has 0 aromatic heterocycles. The number of carbonyl (C=O) groups excluding carboxylic acids is 2. The molecule has 0 aromatic carbocycles. The predicted molar refractivity (Wildman–Crippen MR) is 138 cm³/mol. The number of nitrogens with one attached hydrogen (secondary N) is 1. The van der Waals surface area contributed by atoms with Crippen molar-refractivity contribution in [2.24, 2.45) is 17.8 Å². The lowest BCUT2D eigenvalue weighted by atomic mass is 10.1. The third-order valence-electron chi connectivity index (χ3n) is 6.30. The monoisotopic (exact) mass is 543 g/mol. The average Bonchev–Trinajstić information content (AvgIpc) is 3.56. The van der Waals surface area contributed by atoms with Crippen LogP contribution in [0.25, 0.3) is 0 Å². The van der Waals surface area contributed by atoms with Crippen molar-refractivity contribution in [3.8, 4) is 11.8 Å². The molecule has 11 nitrogen and oxygen atoms in total. The number of esters is 1. The molecule has 2 rings (SSSR count). The van der Waals surface area contributed by atoms with Gasteiger partial charge in [-0.15, -0.1) is 11.8 Å². The largest absolute Gasteiger partial charge is 0.469 e. The van der Waals surface area contributed by atoms with Crippen molar-refractivity contribution in [1.82, 2.24) is 5.32 Å². The number of rotatable bonds is 23. The first-order valence-electron chi connectivity index (χ1n) is 13.6. The van der Waals surface area contributed by atoms with Crippen molar-refractivity contribution in [3.05, 3.63) is 0 Å². The Balaban J connectivity index is 1.22. The molecule has 0 saturated heterocycles. The zero-order valence-corrected chi connectivity index (χ0v) is 22.7. The molecule has 218 valence electrons. The first-order chi connectivity index (χ1) is 18.7. The molecule has 1 N–H and O–H groups in total. The van der Waals surface area contributed by atoms with Gasteiger partial charge in [0.25, 0.3) is 0 Å². The Bertz CT molecular complexity index is 677. The van der Waals surface area contributed by atoms with E-state index in [4.69, 9.17) is 33.2 Å². The summed E-state index contributed by atoms with van der Waals surface area (Å²) in [6.45, 7) is 6.28. The van der Waals surface area contributed by atoms with Crippen molar-refractivity contribution in [2.75, 3.05) is 99.5 Å². The van der Waals surface area contributed by atoms with Crippen LogP contribution in [0.3, 0.4) is 0 Å². The van der Waals surface area contributed by atoms with Gasteiger partial charge in [0.2, 0.25) is 0 Å². The Morgan fingerprint density at radius 2 is 1.13 bits per heavy atom. The maximum Gasteiger partial charge on any atom is 0.407 e. The van der Waals surface area contributed by atoms with Gasteiger partial charge in [-0.3, -0.25) is 4.79 Å². The van der Waals surface area contributed by atoms with E-state index in [1.807, 2.05) is 0 Å². The van der Waals surface area contributed by atoms with E-state index in [2.05, 4.69) is 21.9 Å². The van der Waals surface area contributed by atoms with Gasteiger partial charge in [0, 0.05) is 19.4 Å². The molecule has 11 heteroatoms. The van der Waals surface area contributed by atoms with Crippen molar-refractivity contribution in [2.45, 2.75) is 32.1 Å². The van der Waals surface area contributed by atoms with Crippen molar-refractivity contribution in [3.63, 3.8) is 0 Å². The molecule has 3 atom stereocenters. The normalized spacial score (nSPS) is 19.9. The number of fused-ring (bicyclic) bond motifs is 1. The summed E-state index contributed by atoms with van der Waals surface area (Å²) in [6.07, 6.45) is 4.04. The molecular weight excluding hydrogens is 498 g/mol. The first-order valence-corrected chi connectivity index (χ1v) is 13.6. The maximum absolute atomic E-state index is 11.9. The number of methoxy groups -OCH3 is 1. The summed E-state index contributed by atoms with van der Waals surface area (Å²) in [6, 6.07) is 0. The average molecular weight is 544 g/mol. The Hall–Kier alpha value is -1.94. The first kappa shape index (κ1) is 32.3. The molecule has 1 saturated carbocycles. The molecular formula is C27H45NO10. The lowest BCUT2D eigenvalue weighted by Gasteiger charge is -2.09. The summed E-state index contributed by atoms with van der Waals surface area (Å²) in [5.74, 6) is 7.95. The van der Waals surface area contributed by atoms with Gasteiger partial charge >= 0.3 is 12.1 Å². The Kier molecular flexibility index (Phi) is 18.6. The fourth-order valence-electron chi connectivity index (χ4n) is 4.19. The molecule has 2 aliphatic carbocycles. The summed E-state index contributed by atoms with van der Waals surface area (Å²) >= 11 is 0. The van der Waals surface area contributed by atoms with Crippen LogP contribution in [-0.2, 0) is 42.7 Å². The third-order valence-corrected chi connectivity index (χ3v) is 6.30. The lowest BCUT2D eigenvalue weighted by Crippen LogP contribution is -2.29. The van der Waals surface area contributed by atoms with Gasteiger partial charge in [0.15, 0.2) is 0 Å². The highest BCUT2D eigenvalue weighted by atomic mass is 16.6. The van der Waals surface area contributed by atoms with Gasteiger partial charge in [-0.2, -0.15) is 0 Å². The number of hydrogen-bond acceptors (Lipinski definition) is 10. The van der Waals surface area contributed by atoms with Crippen molar-refractivity contribution < 1.29 is 47.5 Å². The molecule has 0 spiro atoms. The highest BCUT2D eigenvalue weighted by molar-refractivity contribution is 5.69. The van der Waals surface area contributed by atoms with Gasteiger partial charge in [0.1, 0.15) is 0 Å². The Labute approximate surface area is 226 Å². The fourth-order valence-corrected chi connectivity index (χ4v) is 4.19. The molecule has 2 aliphatic rings. The van der Waals surface area contributed by atoms with Crippen LogP contribution >= 0.6 is 0 Å². The number of carbonyl (C=O) groups is 2. The van der Waals surface area contributed by atoms with Crippen LogP contribution in [0.5, 0.6) is 0 Å². The summed E-state index contributed by atoms with van der Waals surface area (Å²) in [7, 11) is 1.35. The van der Waals surface area contributed by atoms with Gasteiger partial charge in [0.05, 0.1) is 99.4 Å². The maximum atomic E-state index is 11.9. The van der Waals surface area contributed by atoms with Crippen LogP contribution in [0.4, 0.5) is 4.79 Å². The second kappa shape index (κ2) is 21.9. The summed E-state index contributed by atoms with van der Waals surface area (Å²) in [4.78, 5) is 22.8. The van der Waals surface area contributed by atoms with Crippen LogP contribution < -0.4 is 5.32 Å². The number of amides is 1. The van der Waals surface area contributed by atoms with Crippen LogP contribution in [0.1, 0.15) is 32.1 Å². The molecule has 38 heavy (non-hydrogen) atoms. The van der Waals surface area contributed by atoms with Gasteiger partial charge < -0.3 is 43.2 Å². The van der Waals surface area contributed by atoms with E-state index >= 15 is 0 Å². The summed E-state index contributed by atoms with van der Waals surface area (Å²) < 4.78 is 42.2. The van der Waals surface area contributed by atoms with Crippen LogP contribution in [0.2, 0.25) is 0 Å². The van der Waals surface area contributed by atoms with Gasteiger partial charge in [-0.25, -0.2) is 4.79 Å². The zero-order valence-electron chi connectivity index (χ0n) is 22.7. The van der Waals surface area contributed by atoms with E-state index in [0.29, 0.717) is 110 Å². The number of ether oxygens (including phenoxy) is 8. The van der Waals surface area contributed by atoms with E-state index in [-0.39, 0.29) is 18.5 Å². The topological polar surface area (TPSA) is 120 Å². The molecule has 1 amide bonds. The predicted octanol–water partition coefficient (Wildman–Crippen LogP) is 1.81. The smallest absolute Gasteiger partial charge is 0.407 e. The van der Waals surface area contributed by atoms with Crippen molar-refractivity contribution in [1.29, 1.82) is 0 Å². The summed E-state index contributed by atoms with van der Waals surface area (Å²) in [5, 5.41) is 2.72. The van der Waals surface area contributed by atoms with Crippen LogP contribution in [0.15, 0.2) is 0 Å². The second-order valence-corrected chi connectivity index (χ2v) is 8.95. The molecule has 0 aliphatic heterocycles. The molecule has 0 aromatic rings. The zero-order chi connectivity index (χ0) is 27.1. The van der Waals surface area contributed by atoms with E-state index in [0.717, 1.165) is 25.7 Å². The third kappa shape index (κ3) is 16.1. The number of hydrogen-bond donors (Lipinski definition) is 1. The minimum atomic E-state index is -0.382. The Morgan fingerprint density at radius 3 is 1.61 bits per heavy atom. The highest BCUT2D eigenvalue weighted by Crippen LogP contribution is 2.52. The number of alkyl carbamates (subject to hydrolysis) is 1. The van der Waals surface area contributed by atoms with Crippen LogP contribution in [0, 0.1) is 29.6 Å². The second-order valence-electron chi connectivity index (χ2n) is 8.95. The van der Waals surface area contributed by atoms with Gasteiger partial charge in [-0.1, -0.05) is 0 Å². The molecule has 1 fully saturated rings. The molecule has 0 unspecified atom stereocenters. The van der Waals surface area contributed by atoms with Crippen LogP contribution in [-0.4, -0.2) is 112 Å². The van der Waals surface area contributed by atoms with E-state index < -0.39 is 0 Å². The Morgan fingerprint density at radius 1 is 0.684 bits per heavy atom. The van der Waals surface area contributed by atoms with E-state index in [9.17, 15) is 9.59 Å². The minimum Gasteiger partial charge on any atom is -0.469 e. The fraction of sp³-hybridized carbons (Fsp3) is 0.852. The lowest BCUT2D eigenvalue weighted by molar-refractivity contribution is -0.141. The van der Waals surface area contributed by atoms with E-state index in [1.54, 1.807) is 0 Å². The molecule has 0 radical (unpaired) electrons. The highest BCUT2D eigenvalue weighted by Gasteiger charge is 2.49. The van der Waals surface area contributed by atoms with Crippen molar-refractivity contribution >= 4 is 12.1 Å². The minimum absolute atomic E-state index is 0.244. The molecule has 0 heterocycles. The SMILES string of the molecule is COC(=O)CCOCCOCCOCCOCCOCCOCCNC(=O)OC[C@@H]1[C@@H]2CCC#CCC[C@@H]21. The molecule has 0 bridgehead atoms. The van der Waals surface area contributed by atoms with E-state index in [1.165, 1.54) is 7.11 Å². The summed E-state index contributed by atoms with van der Waals surface area (Å²) in [5.41, 5.74) is 0. The standard InChI is InChI=1S/C27H45NO10/c1-31-26(29)8-10-32-12-14-34-16-18-36-20-21-37-19-17-35-15-13-33-11-9-28-27(30)38-22-25-23-6-4-2-3-5-7-24(23)25/h23-25H,4-22H2,1H3,(H,28,30)/t23-,24+,25-. The quantitative estimate of drug-likeness (QED) is 0.116. The van der Waals surface area contributed by atoms with Gasteiger partial charge in [-0.05, 0) is 30.6 Å².